The van der Waals surface area contributed by atoms with Crippen molar-refractivity contribution in [1.29, 1.82) is 0 Å². The number of rotatable bonds is 3. The van der Waals surface area contributed by atoms with Gasteiger partial charge in [-0.25, -0.2) is 4.79 Å². The third kappa shape index (κ3) is 2.82. The van der Waals surface area contributed by atoms with Crippen molar-refractivity contribution in [2.45, 2.75) is 6.92 Å². The summed E-state index contributed by atoms with van der Waals surface area (Å²) in [5.41, 5.74) is 5.75. The molecule has 26 heavy (non-hydrogen) atoms. The van der Waals surface area contributed by atoms with Crippen LogP contribution >= 0.6 is 0 Å². The molecule has 128 valence electrons. The zero-order chi connectivity index (χ0) is 18.1. The van der Waals surface area contributed by atoms with Crippen LogP contribution in [0.4, 0.5) is 0 Å². The van der Waals surface area contributed by atoms with Crippen molar-refractivity contribution >= 4 is 16.9 Å². The first-order chi connectivity index (χ1) is 12.7. The largest absolute Gasteiger partial charge is 0.465 e. The van der Waals surface area contributed by atoms with Crippen molar-refractivity contribution in [3.63, 3.8) is 0 Å². The van der Waals surface area contributed by atoms with Crippen LogP contribution in [-0.2, 0) is 4.74 Å². The maximum absolute atomic E-state index is 11.8. The lowest BCUT2D eigenvalue weighted by Gasteiger charge is -2.06. The van der Waals surface area contributed by atoms with Crippen LogP contribution in [0.15, 0.2) is 54.9 Å². The first-order valence-corrected chi connectivity index (χ1v) is 8.11. The number of ether oxygens (including phenoxy) is 1. The highest BCUT2D eigenvalue weighted by atomic mass is 16.5. The number of benzene rings is 1. The second-order valence-corrected chi connectivity index (χ2v) is 5.95. The number of carbonyl (C=O) groups is 1. The maximum Gasteiger partial charge on any atom is 0.339 e. The van der Waals surface area contributed by atoms with Gasteiger partial charge in [0, 0.05) is 22.8 Å². The minimum absolute atomic E-state index is 0.405. The number of aromatic nitrogens is 4. The van der Waals surface area contributed by atoms with Crippen molar-refractivity contribution in [3.05, 3.63) is 66.1 Å². The van der Waals surface area contributed by atoms with Crippen LogP contribution in [0.25, 0.3) is 33.4 Å². The number of hydrogen-bond donors (Lipinski definition) is 1. The van der Waals surface area contributed by atoms with Gasteiger partial charge >= 0.3 is 5.97 Å². The second-order valence-electron chi connectivity index (χ2n) is 5.95. The van der Waals surface area contributed by atoms with E-state index in [0.717, 1.165) is 39.1 Å². The lowest BCUT2D eigenvalue weighted by Crippen LogP contribution is -2.01. The molecule has 0 unspecified atom stereocenters. The van der Waals surface area contributed by atoms with E-state index in [9.17, 15) is 4.79 Å². The van der Waals surface area contributed by atoms with Crippen LogP contribution in [0.2, 0.25) is 0 Å². The minimum Gasteiger partial charge on any atom is -0.465 e. The highest BCUT2D eigenvalue weighted by Gasteiger charge is 2.13. The summed E-state index contributed by atoms with van der Waals surface area (Å²) >= 11 is 0. The highest BCUT2D eigenvalue weighted by Crippen LogP contribution is 2.31. The Bertz CT molecular complexity index is 1120. The fraction of sp³-hybridized carbons (Fsp3) is 0.100. The van der Waals surface area contributed by atoms with E-state index < -0.39 is 5.97 Å². The fourth-order valence-electron chi connectivity index (χ4n) is 2.91. The molecule has 6 nitrogen and oxygen atoms in total. The topological polar surface area (TPSA) is 80.8 Å². The second kappa shape index (κ2) is 6.40. The van der Waals surface area contributed by atoms with Gasteiger partial charge in [-0.2, -0.15) is 5.10 Å². The van der Waals surface area contributed by atoms with Crippen molar-refractivity contribution in [2.75, 3.05) is 7.11 Å². The number of carbonyl (C=O) groups excluding carboxylic acids is 1. The number of esters is 1. The van der Waals surface area contributed by atoms with E-state index in [0.29, 0.717) is 5.56 Å². The Morgan fingerprint density at radius 1 is 1.12 bits per heavy atom. The molecular weight excluding hydrogens is 328 g/mol. The summed E-state index contributed by atoms with van der Waals surface area (Å²) < 4.78 is 4.77. The third-order valence-corrected chi connectivity index (χ3v) is 4.20. The van der Waals surface area contributed by atoms with Gasteiger partial charge in [0.25, 0.3) is 0 Å². The van der Waals surface area contributed by atoms with Gasteiger partial charge < -0.3 is 4.74 Å². The zero-order valence-electron chi connectivity index (χ0n) is 14.4. The summed E-state index contributed by atoms with van der Waals surface area (Å²) in [5.74, 6) is -0.405. The van der Waals surface area contributed by atoms with Crippen LogP contribution < -0.4 is 0 Å². The van der Waals surface area contributed by atoms with Gasteiger partial charge in [-0.05, 0) is 42.8 Å². The Balaban J connectivity index is 1.83. The van der Waals surface area contributed by atoms with Crippen molar-refractivity contribution in [2.24, 2.45) is 0 Å². The molecular formula is C20H16N4O2. The van der Waals surface area contributed by atoms with E-state index in [4.69, 9.17) is 4.74 Å². The Hall–Kier alpha value is -3.54. The zero-order valence-corrected chi connectivity index (χ0v) is 14.4. The van der Waals surface area contributed by atoms with Gasteiger partial charge in [0.05, 0.1) is 35.8 Å². The lowest BCUT2D eigenvalue weighted by molar-refractivity contribution is 0.0600. The van der Waals surface area contributed by atoms with E-state index in [1.807, 2.05) is 43.3 Å². The first-order valence-electron chi connectivity index (χ1n) is 8.11. The molecule has 1 aromatic carbocycles. The maximum atomic E-state index is 11.8. The van der Waals surface area contributed by atoms with Gasteiger partial charge in [-0.15, -0.1) is 0 Å². The average Bonchev–Trinajstić information content (AvgIpc) is 3.16. The molecule has 0 aliphatic carbocycles. The van der Waals surface area contributed by atoms with Crippen molar-refractivity contribution < 1.29 is 9.53 Å². The van der Waals surface area contributed by atoms with Crippen LogP contribution in [0, 0.1) is 6.92 Å². The number of pyridine rings is 2. The predicted octanol–water partition coefficient (Wildman–Crippen LogP) is 3.78. The molecule has 0 saturated carbocycles. The number of aromatic amines is 1. The molecule has 0 aliphatic heterocycles. The molecule has 3 heterocycles. The van der Waals surface area contributed by atoms with Gasteiger partial charge in [0.15, 0.2) is 0 Å². The number of nitrogens with zero attached hydrogens (tertiary/aromatic N) is 3. The molecule has 3 aromatic heterocycles. The summed E-state index contributed by atoms with van der Waals surface area (Å²) in [6.45, 7) is 1.95. The smallest absolute Gasteiger partial charge is 0.339 e. The number of aryl methyl sites for hydroxylation is 1. The number of H-pyrrole nitrogens is 1. The molecule has 0 spiro atoms. The Kier molecular flexibility index (Phi) is 3.93. The summed E-state index contributed by atoms with van der Waals surface area (Å²) in [5, 5.41) is 8.08. The number of nitrogens with one attached hydrogen (secondary N) is 1. The van der Waals surface area contributed by atoms with Crippen molar-refractivity contribution in [3.8, 4) is 22.5 Å². The van der Waals surface area contributed by atoms with Crippen LogP contribution in [-0.4, -0.2) is 33.2 Å². The van der Waals surface area contributed by atoms with Gasteiger partial charge in [0.2, 0.25) is 0 Å². The number of fused-ring (bicyclic) bond motifs is 1. The standard InChI is InChI=1S/C20H16N4O2/c1-12-4-3-5-18(23-12)19-16(11-22-24-19)13-6-7-17-14(8-13)9-15(10-21-17)20(25)26-2/h3-11H,1-2H3,(H,22,24). The molecule has 4 aromatic rings. The molecule has 1 N–H and O–H groups in total. The molecule has 0 radical (unpaired) electrons. The number of methoxy groups -OCH3 is 1. The lowest BCUT2D eigenvalue weighted by atomic mass is 10.0. The molecule has 0 fully saturated rings. The quantitative estimate of drug-likeness (QED) is 0.572. The van der Waals surface area contributed by atoms with E-state index in [2.05, 4.69) is 20.2 Å². The number of hydrogen-bond acceptors (Lipinski definition) is 5. The van der Waals surface area contributed by atoms with Gasteiger partial charge in [-0.3, -0.25) is 15.1 Å². The Morgan fingerprint density at radius 3 is 2.81 bits per heavy atom. The molecule has 0 amide bonds. The van der Waals surface area contributed by atoms with E-state index in [1.54, 1.807) is 12.3 Å². The molecule has 6 heteroatoms. The first kappa shape index (κ1) is 16.0. The summed E-state index contributed by atoms with van der Waals surface area (Å²) in [4.78, 5) is 20.7. The summed E-state index contributed by atoms with van der Waals surface area (Å²) in [7, 11) is 1.36. The predicted molar refractivity (Wildman–Crippen MR) is 98.6 cm³/mol. The summed E-state index contributed by atoms with van der Waals surface area (Å²) in [6, 6.07) is 13.5. The van der Waals surface area contributed by atoms with E-state index in [-0.39, 0.29) is 0 Å². The van der Waals surface area contributed by atoms with Crippen LogP contribution in [0.3, 0.4) is 0 Å². The highest BCUT2D eigenvalue weighted by molar-refractivity contribution is 5.95. The van der Waals surface area contributed by atoms with Gasteiger partial charge in [0.1, 0.15) is 0 Å². The van der Waals surface area contributed by atoms with Crippen LogP contribution in [0.5, 0.6) is 0 Å². The van der Waals surface area contributed by atoms with Crippen molar-refractivity contribution in [1.82, 2.24) is 20.2 Å². The monoisotopic (exact) mass is 344 g/mol. The SMILES string of the molecule is COC(=O)c1cnc2ccc(-c3cn[nH]c3-c3cccc(C)n3)cc2c1. The van der Waals surface area contributed by atoms with Gasteiger partial charge in [-0.1, -0.05) is 12.1 Å². The van der Waals surface area contributed by atoms with Crippen LogP contribution in [0.1, 0.15) is 16.1 Å². The molecule has 0 atom stereocenters. The minimum atomic E-state index is -0.405. The normalized spacial score (nSPS) is 10.8. The molecule has 0 aliphatic rings. The molecule has 0 bridgehead atoms. The Labute approximate surface area is 149 Å². The Morgan fingerprint density at radius 2 is 2.00 bits per heavy atom. The van der Waals surface area contributed by atoms with E-state index in [1.165, 1.54) is 13.3 Å². The summed E-state index contributed by atoms with van der Waals surface area (Å²) in [6.07, 6.45) is 3.30. The average molecular weight is 344 g/mol. The molecule has 0 saturated heterocycles. The third-order valence-electron chi connectivity index (χ3n) is 4.20. The van der Waals surface area contributed by atoms with E-state index >= 15 is 0 Å². The molecule has 4 rings (SSSR count). The fourth-order valence-corrected chi connectivity index (χ4v) is 2.91.